The zero-order valence-electron chi connectivity index (χ0n) is 9.67. The summed E-state index contributed by atoms with van der Waals surface area (Å²) < 4.78 is 18.3. The maximum Gasteiger partial charge on any atom is 0.309 e. The van der Waals surface area contributed by atoms with Gasteiger partial charge >= 0.3 is 5.97 Å². The highest BCUT2D eigenvalue weighted by Gasteiger charge is 2.26. The van der Waals surface area contributed by atoms with Crippen molar-refractivity contribution >= 4 is 17.6 Å². The normalized spacial score (nSPS) is 11.3. The SMILES string of the molecule is CC(C)(CCOc1ccc(Cl)c(F)c1)C(=O)O. The van der Waals surface area contributed by atoms with E-state index in [1.54, 1.807) is 19.9 Å². The molecule has 5 heteroatoms. The third-order valence-electron chi connectivity index (χ3n) is 2.47. The lowest BCUT2D eigenvalue weighted by Crippen LogP contribution is -2.25. The highest BCUT2D eigenvalue weighted by atomic mass is 35.5. The predicted octanol–water partition coefficient (Wildman–Crippen LogP) is 3.36. The Morgan fingerprint density at radius 2 is 2.18 bits per heavy atom. The van der Waals surface area contributed by atoms with Crippen molar-refractivity contribution in [2.24, 2.45) is 5.41 Å². The molecule has 0 fully saturated rings. The molecule has 1 rings (SSSR count). The fourth-order valence-electron chi connectivity index (χ4n) is 1.10. The van der Waals surface area contributed by atoms with E-state index in [2.05, 4.69) is 0 Å². The van der Waals surface area contributed by atoms with Crippen LogP contribution in [0.2, 0.25) is 5.02 Å². The van der Waals surface area contributed by atoms with Crippen molar-refractivity contribution in [3.63, 3.8) is 0 Å². The third-order valence-corrected chi connectivity index (χ3v) is 2.77. The standard InChI is InChI=1S/C12H14ClFO3/c1-12(2,11(15)16)5-6-17-8-3-4-9(13)10(14)7-8/h3-4,7H,5-6H2,1-2H3,(H,15,16). The second-order valence-corrected chi connectivity index (χ2v) is 4.77. The van der Waals surface area contributed by atoms with E-state index in [0.717, 1.165) is 0 Å². The van der Waals surface area contributed by atoms with Gasteiger partial charge in [-0.3, -0.25) is 4.79 Å². The molecule has 0 bridgehead atoms. The molecule has 1 aromatic carbocycles. The fraction of sp³-hybridized carbons (Fsp3) is 0.417. The smallest absolute Gasteiger partial charge is 0.309 e. The van der Waals surface area contributed by atoms with Gasteiger partial charge in [-0.15, -0.1) is 0 Å². The van der Waals surface area contributed by atoms with Crippen LogP contribution >= 0.6 is 11.6 Å². The van der Waals surface area contributed by atoms with E-state index in [1.807, 2.05) is 0 Å². The monoisotopic (exact) mass is 260 g/mol. The lowest BCUT2D eigenvalue weighted by molar-refractivity contribution is -0.147. The summed E-state index contributed by atoms with van der Waals surface area (Å²) in [7, 11) is 0. The van der Waals surface area contributed by atoms with Crippen LogP contribution in [0.4, 0.5) is 4.39 Å². The number of benzene rings is 1. The average molecular weight is 261 g/mol. The second-order valence-electron chi connectivity index (χ2n) is 4.36. The van der Waals surface area contributed by atoms with Crippen LogP contribution in [0.1, 0.15) is 20.3 Å². The molecular weight excluding hydrogens is 247 g/mol. The van der Waals surface area contributed by atoms with Crippen LogP contribution < -0.4 is 4.74 Å². The van der Waals surface area contributed by atoms with E-state index in [0.29, 0.717) is 12.2 Å². The van der Waals surface area contributed by atoms with E-state index in [-0.39, 0.29) is 11.6 Å². The topological polar surface area (TPSA) is 46.5 Å². The number of rotatable bonds is 5. The van der Waals surface area contributed by atoms with Gasteiger partial charge in [0.1, 0.15) is 11.6 Å². The minimum Gasteiger partial charge on any atom is -0.493 e. The summed E-state index contributed by atoms with van der Waals surface area (Å²) in [6.07, 6.45) is 0.340. The molecule has 0 atom stereocenters. The molecule has 0 radical (unpaired) electrons. The Hall–Kier alpha value is -1.29. The number of hydrogen-bond donors (Lipinski definition) is 1. The number of hydrogen-bond acceptors (Lipinski definition) is 2. The summed E-state index contributed by atoms with van der Waals surface area (Å²) in [4.78, 5) is 10.8. The van der Waals surface area contributed by atoms with Gasteiger partial charge in [0.05, 0.1) is 17.0 Å². The lowest BCUT2D eigenvalue weighted by atomic mass is 9.90. The first-order valence-electron chi connectivity index (χ1n) is 5.14. The summed E-state index contributed by atoms with van der Waals surface area (Å²) in [5.41, 5.74) is -0.856. The zero-order chi connectivity index (χ0) is 13.1. The second kappa shape index (κ2) is 5.36. The number of carboxylic acid groups (broad SMARTS) is 1. The number of halogens is 2. The molecule has 3 nitrogen and oxygen atoms in total. The van der Waals surface area contributed by atoms with Gasteiger partial charge in [0.25, 0.3) is 0 Å². The molecule has 0 spiro atoms. The van der Waals surface area contributed by atoms with Gasteiger partial charge in [0.15, 0.2) is 0 Å². The number of carbonyl (C=O) groups is 1. The maximum atomic E-state index is 13.1. The van der Waals surface area contributed by atoms with E-state index in [4.69, 9.17) is 21.4 Å². The average Bonchev–Trinajstić information content (AvgIpc) is 2.23. The lowest BCUT2D eigenvalue weighted by Gasteiger charge is -2.18. The van der Waals surface area contributed by atoms with Crippen molar-refractivity contribution in [2.75, 3.05) is 6.61 Å². The zero-order valence-corrected chi connectivity index (χ0v) is 10.4. The Balaban J connectivity index is 2.51. The van der Waals surface area contributed by atoms with Gasteiger partial charge in [-0.25, -0.2) is 4.39 Å². The van der Waals surface area contributed by atoms with Gasteiger partial charge in [-0.2, -0.15) is 0 Å². The first-order valence-corrected chi connectivity index (χ1v) is 5.52. The van der Waals surface area contributed by atoms with E-state index in [1.165, 1.54) is 12.1 Å². The molecule has 0 saturated carbocycles. The molecule has 0 aliphatic heterocycles. The number of ether oxygens (including phenoxy) is 1. The molecule has 1 aromatic rings. The van der Waals surface area contributed by atoms with E-state index in [9.17, 15) is 9.18 Å². The van der Waals surface area contributed by atoms with E-state index < -0.39 is 17.2 Å². The molecular formula is C12H14ClFO3. The molecule has 1 N–H and O–H groups in total. The van der Waals surface area contributed by atoms with Crippen LogP contribution in [0.25, 0.3) is 0 Å². The predicted molar refractivity (Wildman–Crippen MR) is 62.9 cm³/mol. The van der Waals surface area contributed by atoms with Crippen LogP contribution in [0, 0.1) is 11.2 Å². The minimum absolute atomic E-state index is 0.0308. The van der Waals surface area contributed by atoms with Gasteiger partial charge in [0, 0.05) is 6.07 Å². The Bertz CT molecular complexity index is 418. The summed E-state index contributed by atoms with van der Waals surface area (Å²) in [6.45, 7) is 3.43. The maximum absolute atomic E-state index is 13.1. The molecule has 17 heavy (non-hydrogen) atoms. The Kier molecular flexibility index (Phi) is 4.34. The molecule has 0 amide bonds. The summed E-state index contributed by atoms with van der Waals surface area (Å²) >= 11 is 5.52. The van der Waals surface area contributed by atoms with Crippen LogP contribution in [0.5, 0.6) is 5.75 Å². The summed E-state index contributed by atoms with van der Waals surface area (Å²) in [5.74, 6) is -1.10. The Morgan fingerprint density at radius 3 is 2.71 bits per heavy atom. The molecule has 0 aliphatic rings. The minimum atomic E-state index is -0.886. The van der Waals surface area contributed by atoms with Crippen molar-refractivity contribution in [3.8, 4) is 5.75 Å². The first kappa shape index (κ1) is 13.8. The number of carboxylic acids is 1. The molecule has 0 aromatic heterocycles. The van der Waals surface area contributed by atoms with Crippen LogP contribution in [0.15, 0.2) is 18.2 Å². The largest absolute Gasteiger partial charge is 0.493 e. The molecule has 0 aliphatic carbocycles. The molecule has 0 heterocycles. The Labute approximate surface area is 104 Å². The van der Waals surface area contributed by atoms with Gasteiger partial charge in [-0.05, 0) is 32.4 Å². The first-order chi connectivity index (χ1) is 7.83. The van der Waals surface area contributed by atoms with Crippen molar-refractivity contribution in [2.45, 2.75) is 20.3 Å². The van der Waals surface area contributed by atoms with Crippen LogP contribution in [-0.2, 0) is 4.79 Å². The quantitative estimate of drug-likeness (QED) is 0.883. The Morgan fingerprint density at radius 1 is 1.53 bits per heavy atom. The van der Waals surface area contributed by atoms with Crippen molar-refractivity contribution in [1.29, 1.82) is 0 Å². The van der Waals surface area contributed by atoms with Crippen molar-refractivity contribution < 1.29 is 19.0 Å². The van der Waals surface area contributed by atoms with Gasteiger partial charge in [0.2, 0.25) is 0 Å². The highest BCUT2D eigenvalue weighted by Crippen LogP contribution is 2.23. The molecule has 0 unspecified atom stereocenters. The van der Waals surface area contributed by atoms with Crippen LogP contribution in [0.3, 0.4) is 0 Å². The number of aliphatic carboxylic acids is 1. The summed E-state index contributed by atoms with van der Waals surface area (Å²) in [6, 6.07) is 4.11. The molecule has 94 valence electrons. The van der Waals surface area contributed by atoms with E-state index >= 15 is 0 Å². The fourth-order valence-corrected chi connectivity index (χ4v) is 1.22. The molecule has 0 saturated heterocycles. The third kappa shape index (κ3) is 3.89. The highest BCUT2D eigenvalue weighted by molar-refractivity contribution is 6.30. The summed E-state index contributed by atoms with van der Waals surface area (Å²) in [5, 5.41) is 8.92. The van der Waals surface area contributed by atoms with Crippen molar-refractivity contribution in [3.05, 3.63) is 29.0 Å². The van der Waals surface area contributed by atoms with Gasteiger partial charge in [-0.1, -0.05) is 11.6 Å². The van der Waals surface area contributed by atoms with Gasteiger partial charge < -0.3 is 9.84 Å². The van der Waals surface area contributed by atoms with Crippen LogP contribution in [-0.4, -0.2) is 17.7 Å². The van der Waals surface area contributed by atoms with Crippen molar-refractivity contribution in [1.82, 2.24) is 0 Å².